The highest BCUT2D eigenvalue weighted by atomic mass is 16.6. The minimum Gasteiger partial charge on any atom is -0.486 e. The first-order valence-electron chi connectivity index (χ1n) is 10.8. The summed E-state index contributed by atoms with van der Waals surface area (Å²) in [5.41, 5.74) is 0.774. The first kappa shape index (κ1) is 22.2. The Balaban J connectivity index is 1.24. The van der Waals surface area contributed by atoms with E-state index in [1.54, 1.807) is 30.3 Å². The first-order chi connectivity index (χ1) is 16.9. The molecule has 3 amide bonds. The number of amides is 3. The molecule has 178 valence electrons. The number of fused-ring (bicyclic) bond motifs is 2. The average Bonchev–Trinajstić information content (AvgIpc) is 3.46. The normalized spacial score (nSPS) is 14.9. The molecule has 10 heteroatoms. The monoisotopic (exact) mass is 476 g/mol. The summed E-state index contributed by atoms with van der Waals surface area (Å²) in [5, 5.41) is 2.66. The number of benzene rings is 2. The van der Waals surface area contributed by atoms with Gasteiger partial charge >= 0.3 is 5.97 Å². The molecule has 2 aliphatic rings. The zero-order valence-corrected chi connectivity index (χ0v) is 18.6. The van der Waals surface area contributed by atoms with Crippen LogP contribution in [0.3, 0.4) is 0 Å². The maximum atomic E-state index is 12.8. The van der Waals surface area contributed by atoms with Crippen LogP contribution in [0.2, 0.25) is 0 Å². The highest BCUT2D eigenvalue weighted by Gasteiger charge is 2.36. The maximum Gasteiger partial charge on any atom is 0.338 e. The van der Waals surface area contributed by atoms with Crippen molar-refractivity contribution in [3.05, 3.63) is 77.2 Å². The molecule has 1 aromatic heterocycles. The molecule has 0 unspecified atom stereocenters. The largest absolute Gasteiger partial charge is 0.486 e. The van der Waals surface area contributed by atoms with Gasteiger partial charge in [0.05, 0.1) is 29.5 Å². The van der Waals surface area contributed by atoms with E-state index in [-0.39, 0.29) is 23.2 Å². The van der Waals surface area contributed by atoms with Crippen molar-refractivity contribution >= 4 is 29.4 Å². The van der Waals surface area contributed by atoms with Crippen LogP contribution in [0.5, 0.6) is 11.5 Å². The van der Waals surface area contributed by atoms with E-state index in [9.17, 15) is 19.2 Å². The van der Waals surface area contributed by atoms with Crippen molar-refractivity contribution in [1.29, 1.82) is 0 Å². The quantitative estimate of drug-likeness (QED) is 0.425. The lowest BCUT2D eigenvalue weighted by Gasteiger charge is -2.19. The number of ether oxygens (including phenoxy) is 3. The molecule has 10 nitrogen and oxygen atoms in total. The van der Waals surface area contributed by atoms with Crippen LogP contribution in [0.4, 0.5) is 5.69 Å². The van der Waals surface area contributed by atoms with Gasteiger partial charge in [-0.1, -0.05) is 0 Å². The Morgan fingerprint density at radius 3 is 2.54 bits per heavy atom. The molecule has 5 rings (SSSR count). The zero-order valence-electron chi connectivity index (χ0n) is 18.6. The van der Waals surface area contributed by atoms with Crippen LogP contribution < -0.4 is 14.8 Å². The van der Waals surface area contributed by atoms with Crippen LogP contribution >= 0.6 is 0 Å². The van der Waals surface area contributed by atoms with Crippen molar-refractivity contribution < 1.29 is 37.8 Å². The SMILES string of the molecule is C[C@H](OC(=O)c1ccc2c(c1)C(=O)N(Cc1ccco1)C2=O)C(=O)Nc1ccc2c(c1)OCCO2. The Bertz CT molecular complexity index is 1330. The van der Waals surface area contributed by atoms with Gasteiger partial charge in [-0.15, -0.1) is 0 Å². The van der Waals surface area contributed by atoms with E-state index in [4.69, 9.17) is 18.6 Å². The van der Waals surface area contributed by atoms with Crippen LogP contribution in [0, 0.1) is 0 Å². The predicted molar refractivity (Wildman–Crippen MR) is 120 cm³/mol. The summed E-state index contributed by atoms with van der Waals surface area (Å²) in [4.78, 5) is 51.7. The van der Waals surface area contributed by atoms with Crippen LogP contribution in [0.25, 0.3) is 0 Å². The number of nitrogens with one attached hydrogen (secondary N) is 1. The van der Waals surface area contributed by atoms with E-state index in [1.807, 2.05) is 0 Å². The van der Waals surface area contributed by atoms with Gasteiger partial charge in [0.1, 0.15) is 19.0 Å². The Morgan fingerprint density at radius 2 is 1.77 bits per heavy atom. The number of hydrogen-bond acceptors (Lipinski definition) is 8. The summed E-state index contributed by atoms with van der Waals surface area (Å²) >= 11 is 0. The van der Waals surface area contributed by atoms with E-state index in [0.29, 0.717) is 36.2 Å². The lowest BCUT2D eigenvalue weighted by Crippen LogP contribution is -2.30. The smallest absolute Gasteiger partial charge is 0.338 e. The summed E-state index contributed by atoms with van der Waals surface area (Å²) in [6.07, 6.45) is 0.323. The average molecular weight is 476 g/mol. The zero-order chi connectivity index (χ0) is 24.5. The molecule has 0 fully saturated rings. The summed E-state index contributed by atoms with van der Waals surface area (Å²) in [6, 6.07) is 12.3. The van der Waals surface area contributed by atoms with Gasteiger partial charge in [0.15, 0.2) is 17.6 Å². The number of nitrogens with zero attached hydrogens (tertiary/aromatic N) is 1. The fourth-order valence-electron chi connectivity index (χ4n) is 3.77. The van der Waals surface area contributed by atoms with Crippen molar-refractivity contribution in [2.75, 3.05) is 18.5 Å². The van der Waals surface area contributed by atoms with Crippen molar-refractivity contribution in [3.63, 3.8) is 0 Å². The summed E-state index contributed by atoms with van der Waals surface area (Å²) in [6.45, 7) is 2.28. The van der Waals surface area contributed by atoms with Gasteiger partial charge in [0, 0.05) is 11.8 Å². The summed E-state index contributed by atoms with van der Waals surface area (Å²) in [7, 11) is 0. The van der Waals surface area contributed by atoms with Crippen LogP contribution in [0.15, 0.2) is 59.2 Å². The minimum absolute atomic E-state index is 0.0177. The Labute approximate surface area is 199 Å². The number of carbonyl (C=O) groups is 4. The third-order valence-electron chi connectivity index (χ3n) is 5.56. The molecule has 2 aromatic carbocycles. The van der Waals surface area contributed by atoms with E-state index in [2.05, 4.69) is 5.32 Å². The topological polar surface area (TPSA) is 124 Å². The third kappa shape index (κ3) is 4.33. The second-order valence-electron chi connectivity index (χ2n) is 7.93. The number of hydrogen-bond donors (Lipinski definition) is 1. The van der Waals surface area contributed by atoms with Gasteiger partial charge in [0.2, 0.25) is 0 Å². The molecule has 0 bridgehead atoms. The number of carbonyl (C=O) groups excluding carboxylic acids is 4. The van der Waals surface area contributed by atoms with E-state index in [0.717, 1.165) is 4.90 Å². The van der Waals surface area contributed by atoms with Crippen molar-refractivity contribution in [3.8, 4) is 11.5 Å². The van der Waals surface area contributed by atoms with Gasteiger partial charge in [-0.25, -0.2) is 4.79 Å². The number of esters is 1. The van der Waals surface area contributed by atoms with Gasteiger partial charge in [-0.2, -0.15) is 0 Å². The molecular weight excluding hydrogens is 456 g/mol. The molecule has 0 aliphatic carbocycles. The fourth-order valence-corrected chi connectivity index (χ4v) is 3.77. The minimum atomic E-state index is -1.13. The molecular formula is C25H20N2O8. The van der Waals surface area contributed by atoms with Gasteiger partial charge in [0.25, 0.3) is 17.7 Å². The first-order valence-corrected chi connectivity index (χ1v) is 10.8. The number of furan rings is 1. The molecule has 1 atom stereocenters. The maximum absolute atomic E-state index is 12.8. The van der Waals surface area contributed by atoms with Crippen LogP contribution in [-0.2, 0) is 16.1 Å². The Kier molecular flexibility index (Phi) is 5.69. The summed E-state index contributed by atoms with van der Waals surface area (Å²) < 4.78 is 21.5. The molecule has 2 aliphatic heterocycles. The van der Waals surface area contributed by atoms with Crippen molar-refractivity contribution in [1.82, 2.24) is 4.90 Å². The van der Waals surface area contributed by atoms with E-state index >= 15 is 0 Å². The Hall–Kier alpha value is -4.60. The number of rotatable bonds is 6. The molecule has 35 heavy (non-hydrogen) atoms. The van der Waals surface area contributed by atoms with Crippen LogP contribution in [-0.4, -0.2) is 47.9 Å². The highest BCUT2D eigenvalue weighted by molar-refractivity contribution is 6.21. The fraction of sp³-hybridized carbons (Fsp3) is 0.200. The summed E-state index contributed by atoms with van der Waals surface area (Å²) in [5.74, 6) is -0.821. The van der Waals surface area contributed by atoms with Crippen molar-refractivity contribution in [2.24, 2.45) is 0 Å². The molecule has 3 aromatic rings. The van der Waals surface area contributed by atoms with Gasteiger partial charge < -0.3 is 23.9 Å². The standard InChI is InChI=1S/C25H20N2O8/c1-14(22(28)26-16-5-7-20-21(12-16)34-10-9-33-20)35-25(31)15-4-6-18-19(11-15)24(30)27(23(18)29)13-17-3-2-8-32-17/h2-8,11-12,14H,9-10,13H2,1H3,(H,26,28)/t14-/m0/s1. The molecule has 0 saturated heterocycles. The Morgan fingerprint density at radius 1 is 1.00 bits per heavy atom. The predicted octanol–water partition coefficient (Wildman–Crippen LogP) is 3.03. The van der Waals surface area contributed by atoms with Crippen LogP contribution in [0.1, 0.15) is 43.8 Å². The number of imide groups is 1. The van der Waals surface area contributed by atoms with E-state index < -0.39 is 29.8 Å². The molecule has 1 N–H and O–H groups in total. The molecule has 3 heterocycles. The second kappa shape index (κ2) is 8.98. The third-order valence-corrected chi connectivity index (χ3v) is 5.56. The number of anilines is 1. The van der Waals surface area contributed by atoms with Gasteiger partial charge in [-0.3, -0.25) is 19.3 Å². The molecule has 0 saturated carbocycles. The molecule has 0 spiro atoms. The van der Waals surface area contributed by atoms with Gasteiger partial charge in [-0.05, 0) is 49.4 Å². The van der Waals surface area contributed by atoms with Crippen molar-refractivity contribution in [2.45, 2.75) is 19.6 Å². The molecule has 0 radical (unpaired) electrons. The lowest BCUT2D eigenvalue weighted by atomic mass is 10.1. The second-order valence-corrected chi connectivity index (χ2v) is 7.93. The van der Waals surface area contributed by atoms with E-state index in [1.165, 1.54) is 31.4 Å². The highest BCUT2D eigenvalue weighted by Crippen LogP contribution is 2.32. The lowest BCUT2D eigenvalue weighted by molar-refractivity contribution is -0.123.